The summed E-state index contributed by atoms with van der Waals surface area (Å²) >= 11 is 0. The Morgan fingerprint density at radius 3 is 2.16 bits per heavy atom. The maximum Gasteiger partial charge on any atom is 0.261 e. The van der Waals surface area contributed by atoms with Gasteiger partial charge in [-0.2, -0.15) is 0 Å². The number of hydrogen-bond acceptors (Lipinski definition) is 4. The van der Waals surface area contributed by atoms with E-state index in [4.69, 9.17) is 0 Å². The third-order valence-electron chi connectivity index (χ3n) is 3.65. The van der Waals surface area contributed by atoms with Crippen LogP contribution in [0.15, 0.2) is 24.3 Å². The molecule has 5 nitrogen and oxygen atoms in total. The van der Waals surface area contributed by atoms with Crippen LogP contribution in [0.4, 0.5) is 0 Å². The number of sulfone groups is 1. The van der Waals surface area contributed by atoms with Crippen molar-refractivity contribution in [2.75, 3.05) is 18.1 Å². The van der Waals surface area contributed by atoms with Gasteiger partial charge in [0.15, 0.2) is 9.84 Å². The molecule has 1 aromatic carbocycles. The molecule has 100 valence electrons. The van der Waals surface area contributed by atoms with Gasteiger partial charge in [-0.25, -0.2) is 8.42 Å². The van der Waals surface area contributed by atoms with Crippen LogP contribution in [0.3, 0.4) is 0 Å². The molecule has 2 aliphatic heterocycles. The number of nitrogens with zero attached hydrogens (tertiary/aromatic N) is 1. The molecule has 2 aliphatic rings. The summed E-state index contributed by atoms with van der Waals surface area (Å²) in [5, 5.41) is 0. The quantitative estimate of drug-likeness (QED) is 0.748. The Labute approximate surface area is 111 Å². The fraction of sp³-hybridized carbons (Fsp3) is 0.385. The Morgan fingerprint density at radius 2 is 1.68 bits per heavy atom. The van der Waals surface area contributed by atoms with E-state index in [1.54, 1.807) is 24.3 Å². The minimum Gasteiger partial charge on any atom is -0.274 e. The summed E-state index contributed by atoms with van der Waals surface area (Å²) in [6.07, 6.45) is 0.524. The van der Waals surface area contributed by atoms with Crippen molar-refractivity contribution in [1.29, 1.82) is 0 Å². The molecule has 2 amide bonds. The first-order chi connectivity index (χ1) is 8.98. The van der Waals surface area contributed by atoms with Crippen molar-refractivity contribution in [3.8, 4) is 0 Å². The monoisotopic (exact) mass is 279 g/mol. The topological polar surface area (TPSA) is 71.5 Å². The van der Waals surface area contributed by atoms with Crippen molar-refractivity contribution in [3.05, 3.63) is 35.4 Å². The van der Waals surface area contributed by atoms with Crippen LogP contribution in [0, 0.1) is 5.92 Å². The second-order valence-electron chi connectivity index (χ2n) is 5.04. The van der Waals surface area contributed by atoms with E-state index in [9.17, 15) is 18.0 Å². The molecule has 6 heteroatoms. The molecule has 0 bridgehead atoms. The standard InChI is InChI=1S/C13H13NO4S/c15-12-10-3-1-2-4-11(10)13(16)14(12)7-9-5-6-19(17,18)8-9/h1-4,9H,5-8H2/t9-/m0/s1. The second-order valence-corrected chi connectivity index (χ2v) is 7.26. The zero-order valence-electron chi connectivity index (χ0n) is 10.2. The van der Waals surface area contributed by atoms with Crippen LogP contribution in [0.25, 0.3) is 0 Å². The maximum absolute atomic E-state index is 12.1. The lowest BCUT2D eigenvalue weighted by atomic mass is 10.1. The molecule has 1 aromatic rings. The van der Waals surface area contributed by atoms with Gasteiger partial charge in [-0.1, -0.05) is 12.1 Å². The number of rotatable bonds is 2. The molecule has 1 saturated heterocycles. The number of imide groups is 1. The van der Waals surface area contributed by atoms with E-state index >= 15 is 0 Å². The van der Waals surface area contributed by atoms with Crippen molar-refractivity contribution in [2.24, 2.45) is 5.92 Å². The molecule has 1 atom stereocenters. The number of hydrogen-bond donors (Lipinski definition) is 0. The lowest BCUT2D eigenvalue weighted by Gasteiger charge is -2.17. The molecule has 0 aliphatic carbocycles. The first-order valence-corrected chi connectivity index (χ1v) is 7.96. The van der Waals surface area contributed by atoms with Gasteiger partial charge >= 0.3 is 0 Å². The third kappa shape index (κ3) is 2.06. The van der Waals surface area contributed by atoms with E-state index in [0.717, 1.165) is 0 Å². The normalized spacial score (nSPS) is 24.8. The second kappa shape index (κ2) is 4.16. The smallest absolute Gasteiger partial charge is 0.261 e. The summed E-state index contributed by atoms with van der Waals surface area (Å²) in [4.78, 5) is 25.4. The lowest BCUT2D eigenvalue weighted by Crippen LogP contribution is -2.35. The molecule has 0 N–H and O–H groups in total. The van der Waals surface area contributed by atoms with E-state index < -0.39 is 9.84 Å². The van der Waals surface area contributed by atoms with Crippen molar-refractivity contribution < 1.29 is 18.0 Å². The molecule has 1 fully saturated rings. The van der Waals surface area contributed by atoms with Crippen LogP contribution in [-0.4, -0.2) is 43.2 Å². The van der Waals surface area contributed by atoms with E-state index in [1.807, 2.05) is 0 Å². The highest BCUT2D eigenvalue weighted by Gasteiger charge is 2.38. The van der Waals surface area contributed by atoms with Gasteiger partial charge in [0.05, 0.1) is 22.6 Å². The van der Waals surface area contributed by atoms with Crippen LogP contribution >= 0.6 is 0 Å². The van der Waals surface area contributed by atoms with Gasteiger partial charge in [0, 0.05) is 6.54 Å². The zero-order valence-corrected chi connectivity index (χ0v) is 11.0. The highest BCUT2D eigenvalue weighted by Crippen LogP contribution is 2.26. The summed E-state index contributed by atoms with van der Waals surface area (Å²) in [7, 11) is -2.99. The van der Waals surface area contributed by atoms with Gasteiger partial charge in [-0.3, -0.25) is 14.5 Å². The van der Waals surface area contributed by atoms with Gasteiger partial charge in [0.2, 0.25) is 0 Å². The maximum atomic E-state index is 12.1. The largest absolute Gasteiger partial charge is 0.274 e. The Hall–Kier alpha value is -1.69. The van der Waals surface area contributed by atoms with Crippen LogP contribution in [0.5, 0.6) is 0 Å². The van der Waals surface area contributed by atoms with E-state index in [2.05, 4.69) is 0 Å². The Morgan fingerprint density at radius 1 is 1.11 bits per heavy atom. The summed E-state index contributed by atoms with van der Waals surface area (Å²) in [5.41, 5.74) is 0.821. The molecule has 0 spiro atoms. The molecule has 2 heterocycles. The molecular formula is C13H13NO4S. The number of carbonyl (C=O) groups excluding carboxylic acids is 2. The average Bonchev–Trinajstić information content (AvgIpc) is 2.83. The highest BCUT2D eigenvalue weighted by atomic mass is 32.2. The molecule has 0 aromatic heterocycles. The molecular weight excluding hydrogens is 266 g/mol. The molecule has 3 rings (SSSR count). The Balaban J connectivity index is 1.82. The number of benzene rings is 1. The number of fused-ring (bicyclic) bond motifs is 1. The van der Waals surface area contributed by atoms with Crippen molar-refractivity contribution in [2.45, 2.75) is 6.42 Å². The highest BCUT2D eigenvalue weighted by molar-refractivity contribution is 7.91. The van der Waals surface area contributed by atoms with Crippen molar-refractivity contribution >= 4 is 21.7 Å². The summed E-state index contributed by atoms with van der Waals surface area (Å²) < 4.78 is 22.8. The SMILES string of the molecule is O=C1c2ccccc2C(=O)N1C[C@@H]1CCS(=O)(=O)C1. The van der Waals surface area contributed by atoms with Gasteiger partial charge in [-0.05, 0) is 24.5 Å². The molecule has 0 unspecified atom stereocenters. The average molecular weight is 279 g/mol. The summed E-state index contributed by atoms with van der Waals surface area (Å²) in [5.74, 6) is -0.539. The van der Waals surface area contributed by atoms with Crippen LogP contribution < -0.4 is 0 Å². The lowest BCUT2D eigenvalue weighted by molar-refractivity contribution is 0.0634. The zero-order chi connectivity index (χ0) is 13.6. The minimum absolute atomic E-state index is 0.0698. The first-order valence-electron chi connectivity index (χ1n) is 6.13. The summed E-state index contributed by atoms with van der Waals surface area (Å²) in [6, 6.07) is 6.68. The van der Waals surface area contributed by atoms with E-state index in [0.29, 0.717) is 17.5 Å². The van der Waals surface area contributed by atoms with Crippen molar-refractivity contribution in [1.82, 2.24) is 4.90 Å². The van der Waals surface area contributed by atoms with Crippen LogP contribution in [-0.2, 0) is 9.84 Å². The first kappa shape index (κ1) is 12.3. The predicted octanol–water partition coefficient (Wildman–Crippen LogP) is 0.717. The van der Waals surface area contributed by atoms with Gasteiger partial charge < -0.3 is 0 Å². The number of amides is 2. The Kier molecular flexibility index (Phi) is 2.70. The fourth-order valence-electron chi connectivity index (χ4n) is 2.68. The molecule has 0 radical (unpaired) electrons. The third-order valence-corrected chi connectivity index (χ3v) is 5.48. The van der Waals surface area contributed by atoms with Crippen LogP contribution in [0.1, 0.15) is 27.1 Å². The summed E-state index contributed by atoms with van der Waals surface area (Å²) in [6.45, 7) is 0.200. The van der Waals surface area contributed by atoms with Crippen LogP contribution in [0.2, 0.25) is 0 Å². The van der Waals surface area contributed by atoms with Gasteiger partial charge in [-0.15, -0.1) is 0 Å². The van der Waals surface area contributed by atoms with Gasteiger partial charge in [0.1, 0.15) is 0 Å². The Bertz CT molecular complexity index is 630. The fourth-order valence-corrected chi connectivity index (χ4v) is 4.53. The molecule has 0 saturated carbocycles. The molecule has 19 heavy (non-hydrogen) atoms. The van der Waals surface area contributed by atoms with Crippen molar-refractivity contribution in [3.63, 3.8) is 0 Å². The minimum atomic E-state index is -2.99. The number of carbonyl (C=O) groups is 2. The van der Waals surface area contributed by atoms with Gasteiger partial charge in [0.25, 0.3) is 11.8 Å². The van der Waals surface area contributed by atoms with E-state index in [-0.39, 0.29) is 35.8 Å². The predicted molar refractivity (Wildman–Crippen MR) is 68.6 cm³/mol. The van der Waals surface area contributed by atoms with E-state index in [1.165, 1.54) is 4.90 Å².